The van der Waals surface area contributed by atoms with Gasteiger partial charge in [0.25, 0.3) is 0 Å². The fourth-order valence-electron chi connectivity index (χ4n) is 4.11. The van der Waals surface area contributed by atoms with E-state index in [1.54, 1.807) is 19.1 Å². The molecule has 1 aliphatic carbocycles. The summed E-state index contributed by atoms with van der Waals surface area (Å²) in [5.41, 5.74) is 2.50. The molecule has 2 aromatic carbocycles. The van der Waals surface area contributed by atoms with Crippen LogP contribution in [0.5, 0.6) is 11.5 Å². The van der Waals surface area contributed by atoms with Crippen LogP contribution in [0.2, 0.25) is 0 Å². The summed E-state index contributed by atoms with van der Waals surface area (Å²) >= 11 is 0. The van der Waals surface area contributed by atoms with Gasteiger partial charge in [-0.1, -0.05) is 18.2 Å². The molecule has 5 nitrogen and oxygen atoms in total. The molecule has 5 heteroatoms. The van der Waals surface area contributed by atoms with Crippen LogP contribution in [0.3, 0.4) is 0 Å². The number of carbonyl (C=O) groups is 2. The lowest BCUT2D eigenvalue weighted by Gasteiger charge is -2.30. The van der Waals surface area contributed by atoms with Gasteiger partial charge in [-0.25, -0.2) is 0 Å². The average molecular weight is 379 g/mol. The number of rotatable bonds is 6. The lowest BCUT2D eigenvalue weighted by Crippen LogP contribution is -2.38. The van der Waals surface area contributed by atoms with Gasteiger partial charge in [0, 0.05) is 24.9 Å². The number of carbonyl (C=O) groups excluding carboxylic acids is 2. The van der Waals surface area contributed by atoms with Gasteiger partial charge in [-0.05, 0) is 54.5 Å². The molecule has 0 saturated heterocycles. The highest BCUT2D eigenvalue weighted by molar-refractivity contribution is 6.08. The van der Waals surface area contributed by atoms with E-state index in [2.05, 4.69) is 0 Å². The summed E-state index contributed by atoms with van der Waals surface area (Å²) in [6.45, 7) is 0.456. The Hall–Kier alpha value is -2.82. The second kappa shape index (κ2) is 7.66. The summed E-state index contributed by atoms with van der Waals surface area (Å²) in [6, 6.07) is 13.3. The normalized spacial score (nSPS) is 17.1. The Balaban J connectivity index is 1.59. The van der Waals surface area contributed by atoms with Crippen LogP contribution in [-0.4, -0.2) is 32.5 Å². The molecule has 1 amide bonds. The highest BCUT2D eigenvalue weighted by Gasteiger charge is 2.36. The standard InChI is InChI=1S/C23H25NO4/c1-27-21-10-9-16(13-22(21)28-2)18(15-7-8-15)14-23(26)24-12-11-20(25)17-5-3-4-6-19(17)24/h3-6,9-10,13,15,18H,7-8,11-12,14H2,1-2H3. The third-order valence-electron chi connectivity index (χ3n) is 5.78. The molecule has 1 aliphatic heterocycles. The number of ether oxygens (including phenoxy) is 2. The summed E-state index contributed by atoms with van der Waals surface area (Å²) < 4.78 is 10.8. The lowest BCUT2D eigenvalue weighted by atomic mass is 9.89. The molecule has 0 radical (unpaired) electrons. The van der Waals surface area contributed by atoms with Crippen LogP contribution < -0.4 is 14.4 Å². The number of benzene rings is 2. The van der Waals surface area contributed by atoms with Gasteiger partial charge in [-0.15, -0.1) is 0 Å². The Morgan fingerprint density at radius 3 is 2.57 bits per heavy atom. The topological polar surface area (TPSA) is 55.8 Å². The maximum absolute atomic E-state index is 13.2. The van der Waals surface area contributed by atoms with Crippen LogP contribution in [0, 0.1) is 5.92 Å². The van der Waals surface area contributed by atoms with E-state index in [0.29, 0.717) is 42.4 Å². The highest BCUT2D eigenvalue weighted by Crippen LogP contribution is 2.46. The Labute approximate surface area is 165 Å². The van der Waals surface area contributed by atoms with Gasteiger partial charge in [0.15, 0.2) is 17.3 Å². The van der Waals surface area contributed by atoms with Gasteiger partial charge < -0.3 is 14.4 Å². The summed E-state index contributed by atoms with van der Waals surface area (Å²) in [5.74, 6) is 2.23. The summed E-state index contributed by atoms with van der Waals surface area (Å²) in [6.07, 6.45) is 3.10. The van der Waals surface area contributed by atoms with Crippen LogP contribution in [0.1, 0.15) is 47.5 Å². The number of Topliss-reactive ketones (excluding diaryl/α,β-unsaturated/α-hetero) is 1. The van der Waals surface area contributed by atoms with Crippen LogP contribution in [0.15, 0.2) is 42.5 Å². The van der Waals surface area contributed by atoms with E-state index >= 15 is 0 Å². The van der Waals surface area contributed by atoms with E-state index in [1.165, 1.54) is 0 Å². The third-order valence-corrected chi connectivity index (χ3v) is 5.78. The van der Waals surface area contributed by atoms with Gasteiger partial charge in [-0.2, -0.15) is 0 Å². The van der Waals surface area contributed by atoms with Gasteiger partial charge in [0.05, 0.1) is 19.9 Å². The number of methoxy groups -OCH3 is 2. The molecule has 0 aromatic heterocycles. The summed E-state index contributed by atoms with van der Waals surface area (Å²) in [4.78, 5) is 27.2. The van der Waals surface area contributed by atoms with Crippen LogP contribution in [0.4, 0.5) is 5.69 Å². The van der Waals surface area contributed by atoms with E-state index in [1.807, 2.05) is 42.5 Å². The van der Waals surface area contributed by atoms with Crippen molar-refractivity contribution in [3.63, 3.8) is 0 Å². The molecule has 1 heterocycles. The Bertz CT molecular complexity index is 903. The number of nitrogens with zero attached hydrogens (tertiary/aromatic N) is 1. The Morgan fingerprint density at radius 2 is 1.86 bits per heavy atom. The predicted molar refractivity (Wildman–Crippen MR) is 107 cm³/mol. The zero-order chi connectivity index (χ0) is 19.7. The monoisotopic (exact) mass is 379 g/mol. The number of amides is 1. The maximum Gasteiger partial charge on any atom is 0.227 e. The van der Waals surface area contributed by atoms with E-state index < -0.39 is 0 Å². The SMILES string of the molecule is COc1ccc(C(CC(=O)N2CCC(=O)c3ccccc32)C2CC2)cc1OC. The molecule has 28 heavy (non-hydrogen) atoms. The van der Waals surface area contributed by atoms with Crippen LogP contribution in [0.25, 0.3) is 0 Å². The van der Waals surface area contributed by atoms with E-state index in [-0.39, 0.29) is 17.6 Å². The van der Waals surface area contributed by atoms with Crippen molar-refractivity contribution >= 4 is 17.4 Å². The third kappa shape index (κ3) is 3.49. The minimum absolute atomic E-state index is 0.0756. The quantitative estimate of drug-likeness (QED) is 0.755. The number of fused-ring (bicyclic) bond motifs is 1. The number of hydrogen-bond acceptors (Lipinski definition) is 4. The van der Waals surface area contributed by atoms with Crippen molar-refractivity contribution in [3.05, 3.63) is 53.6 Å². The molecule has 1 fully saturated rings. The summed E-state index contributed by atoms with van der Waals surface area (Å²) in [5, 5.41) is 0. The largest absolute Gasteiger partial charge is 0.493 e. The summed E-state index contributed by atoms with van der Waals surface area (Å²) in [7, 11) is 3.25. The van der Waals surface area contributed by atoms with Gasteiger partial charge in [0.2, 0.25) is 5.91 Å². The zero-order valence-electron chi connectivity index (χ0n) is 16.3. The first-order chi connectivity index (χ1) is 13.6. The van der Waals surface area contributed by atoms with Crippen molar-refractivity contribution in [1.29, 1.82) is 0 Å². The molecule has 146 valence electrons. The zero-order valence-corrected chi connectivity index (χ0v) is 16.3. The molecule has 0 bridgehead atoms. The first-order valence-corrected chi connectivity index (χ1v) is 9.77. The van der Waals surface area contributed by atoms with Crippen molar-refractivity contribution in [2.45, 2.75) is 31.6 Å². The minimum atomic E-state index is 0.0756. The Morgan fingerprint density at radius 1 is 1.11 bits per heavy atom. The van der Waals surface area contributed by atoms with Crippen molar-refractivity contribution < 1.29 is 19.1 Å². The molecule has 2 aliphatic rings. The van der Waals surface area contributed by atoms with Crippen LogP contribution >= 0.6 is 0 Å². The molecule has 4 rings (SSSR count). The first-order valence-electron chi connectivity index (χ1n) is 9.77. The molecule has 0 N–H and O–H groups in total. The van der Waals surface area contributed by atoms with E-state index in [4.69, 9.17) is 9.47 Å². The van der Waals surface area contributed by atoms with Gasteiger partial charge in [0.1, 0.15) is 0 Å². The fraction of sp³-hybridized carbons (Fsp3) is 0.391. The molecule has 2 aromatic rings. The molecule has 1 atom stereocenters. The molecule has 1 unspecified atom stereocenters. The molecular formula is C23H25NO4. The second-order valence-corrected chi connectivity index (χ2v) is 7.50. The number of anilines is 1. The van der Waals surface area contributed by atoms with Gasteiger partial charge >= 0.3 is 0 Å². The second-order valence-electron chi connectivity index (χ2n) is 7.50. The van der Waals surface area contributed by atoms with Crippen LogP contribution in [-0.2, 0) is 4.79 Å². The fourth-order valence-corrected chi connectivity index (χ4v) is 4.11. The number of para-hydroxylation sites is 1. The first kappa shape index (κ1) is 18.5. The number of ketones is 1. The van der Waals surface area contributed by atoms with Crippen molar-refractivity contribution in [2.75, 3.05) is 25.7 Å². The van der Waals surface area contributed by atoms with Crippen molar-refractivity contribution in [3.8, 4) is 11.5 Å². The predicted octanol–water partition coefficient (Wildman–Crippen LogP) is 4.21. The van der Waals surface area contributed by atoms with Gasteiger partial charge in [-0.3, -0.25) is 9.59 Å². The van der Waals surface area contributed by atoms with E-state index in [9.17, 15) is 9.59 Å². The molecule has 0 spiro atoms. The average Bonchev–Trinajstić information content (AvgIpc) is 3.57. The Kier molecular flexibility index (Phi) is 5.07. The highest BCUT2D eigenvalue weighted by atomic mass is 16.5. The van der Waals surface area contributed by atoms with E-state index in [0.717, 1.165) is 24.1 Å². The lowest BCUT2D eigenvalue weighted by molar-refractivity contribution is -0.119. The molecular weight excluding hydrogens is 354 g/mol. The maximum atomic E-state index is 13.2. The molecule has 1 saturated carbocycles. The minimum Gasteiger partial charge on any atom is -0.493 e. The van der Waals surface area contributed by atoms with Crippen molar-refractivity contribution in [2.24, 2.45) is 5.92 Å². The van der Waals surface area contributed by atoms with Crippen molar-refractivity contribution in [1.82, 2.24) is 0 Å². The smallest absolute Gasteiger partial charge is 0.227 e. The number of hydrogen-bond donors (Lipinski definition) is 0.